The molecule has 14 heavy (non-hydrogen) atoms. The third kappa shape index (κ3) is 2.72. The van der Waals surface area contributed by atoms with Crippen molar-refractivity contribution in [3.8, 4) is 0 Å². The number of aliphatic hydroxyl groups is 1. The predicted molar refractivity (Wildman–Crippen MR) is 63.6 cm³/mol. The standard InChI is InChI=1S/C11H14BrClO/c1-11(2,3)10(14)8-5-4-7(12)6-9(8)13/h4-6,10,14H,1-3H3. The maximum absolute atomic E-state index is 10.0. The fraction of sp³-hybridized carbons (Fsp3) is 0.455. The van der Waals surface area contributed by atoms with Crippen LogP contribution in [0.15, 0.2) is 22.7 Å². The van der Waals surface area contributed by atoms with E-state index < -0.39 is 6.10 Å². The van der Waals surface area contributed by atoms with Gasteiger partial charge in [0.05, 0.1) is 6.10 Å². The molecule has 0 aromatic heterocycles. The molecule has 0 fully saturated rings. The molecule has 0 amide bonds. The molecule has 0 saturated heterocycles. The lowest BCUT2D eigenvalue weighted by Crippen LogP contribution is -2.18. The Labute approximate surface area is 98.2 Å². The van der Waals surface area contributed by atoms with Gasteiger partial charge in [0.1, 0.15) is 0 Å². The zero-order valence-electron chi connectivity index (χ0n) is 8.51. The predicted octanol–water partition coefficient (Wildman–Crippen LogP) is 4.18. The van der Waals surface area contributed by atoms with Crippen molar-refractivity contribution in [3.63, 3.8) is 0 Å². The van der Waals surface area contributed by atoms with Crippen LogP contribution in [0.1, 0.15) is 32.4 Å². The second kappa shape index (κ2) is 4.21. The molecule has 1 N–H and O–H groups in total. The first-order valence-corrected chi connectivity index (χ1v) is 5.62. The minimum atomic E-state index is -0.539. The molecule has 3 heteroatoms. The molecular formula is C11H14BrClO. The Hall–Kier alpha value is -0.0500. The summed E-state index contributed by atoms with van der Waals surface area (Å²) in [6, 6.07) is 5.53. The molecule has 0 bridgehead atoms. The van der Waals surface area contributed by atoms with E-state index in [9.17, 15) is 5.11 Å². The molecule has 0 radical (unpaired) electrons. The minimum Gasteiger partial charge on any atom is -0.388 e. The van der Waals surface area contributed by atoms with Crippen LogP contribution in [0.4, 0.5) is 0 Å². The number of aliphatic hydroxyl groups excluding tert-OH is 1. The zero-order valence-corrected chi connectivity index (χ0v) is 10.9. The maximum atomic E-state index is 10.0. The first-order valence-electron chi connectivity index (χ1n) is 4.45. The average molecular weight is 278 g/mol. The summed E-state index contributed by atoms with van der Waals surface area (Å²) in [5.74, 6) is 0. The molecule has 1 aromatic rings. The zero-order chi connectivity index (χ0) is 10.9. The Morgan fingerprint density at radius 2 is 1.93 bits per heavy atom. The van der Waals surface area contributed by atoms with E-state index in [4.69, 9.17) is 11.6 Å². The molecule has 0 aliphatic rings. The lowest BCUT2D eigenvalue weighted by Gasteiger charge is -2.26. The van der Waals surface area contributed by atoms with E-state index in [2.05, 4.69) is 15.9 Å². The quantitative estimate of drug-likeness (QED) is 0.816. The lowest BCUT2D eigenvalue weighted by atomic mass is 9.85. The van der Waals surface area contributed by atoms with Gasteiger partial charge in [-0.25, -0.2) is 0 Å². The van der Waals surface area contributed by atoms with E-state index in [0.29, 0.717) is 5.02 Å². The highest BCUT2D eigenvalue weighted by Crippen LogP contribution is 2.36. The second-order valence-electron chi connectivity index (χ2n) is 4.43. The number of hydrogen-bond acceptors (Lipinski definition) is 1. The molecule has 1 rings (SSSR count). The Morgan fingerprint density at radius 3 is 2.36 bits per heavy atom. The molecule has 0 heterocycles. The number of hydrogen-bond donors (Lipinski definition) is 1. The number of benzene rings is 1. The number of halogens is 2. The molecular weight excluding hydrogens is 263 g/mol. The van der Waals surface area contributed by atoms with Crippen molar-refractivity contribution in [1.29, 1.82) is 0 Å². The van der Waals surface area contributed by atoms with Crippen molar-refractivity contribution in [2.45, 2.75) is 26.9 Å². The molecule has 78 valence electrons. The highest BCUT2D eigenvalue weighted by molar-refractivity contribution is 9.10. The van der Waals surface area contributed by atoms with E-state index in [1.54, 1.807) is 6.07 Å². The van der Waals surface area contributed by atoms with Crippen LogP contribution in [0.25, 0.3) is 0 Å². The summed E-state index contributed by atoms with van der Waals surface area (Å²) in [7, 11) is 0. The first kappa shape index (κ1) is 12.0. The topological polar surface area (TPSA) is 20.2 Å². The van der Waals surface area contributed by atoms with Crippen molar-refractivity contribution in [3.05, 3.63) is 33.3 Å². The second-order valence-corrected chi connectivity index (χ2v) is 5.76. The molecule has 0 spiro atoms. The summed E-state index contributed by atoms with van der Waals surface area (Å²) in [5, 5.41) is 10.6. The highest BCUT2D eigenvalue weighted by Gasteiger charge is 2.25. The highest BCUT2D eigenvalue weighted by atomic mass is 79.9. The van der Waals surface area contributed by atoms with E-state index in [1.807, 2.05) is 32.9 Å². The van der Waals surface area contributed by atoms with E-state index in [-0.39, 0.29) is 5.41 Å². The summed E-state index contributed by atoms with van der Waals surface area (Å²) >= 11 is 9.37. The van der Waals surface area contributed by atoms with Crippen molar-refractivity contribution in [2.24, 2.45) is 5.41 Å². The van der Waals surface area contributed by atoms with Gasteiger partial charge < -0.3 is 5.11 Å². The lowest BCUT2D eigenvalue weighted by molar-refractivity contribution is 0.0627. The van der Waals surface area contributed by atoms with Gasteiger partial charge in [0, 0.05) is 9.50 Å². The van der Waals surface area contributed by atoms with E-state index in [1.165, 1.54) is 0 Å². The van der Waals surface area contributed by atoms with Gasteiger partial charge in [0.25, 0.3) is 0 Å². The van der Waals surface area contributed by atoms with Gasteiger partial charge in [0.15, 0.2) is 0 Å². The Morgan fingerprint density at radius 1 is 1.36 bits per heavy atom. The summed E-state index contributed by atoms with van der Waals surface area (Å²) in [6.07, 6.45) is -0.539. The summed E-state index contributed by atoms with van der Waals surface area (Å²) < 4.78 is 0.923. The van der Waals surface area contributed by atoms with Crippen LogP contribution < -0.4 is 0 Å². The van der Waals surface area contributed by atoms with Gasteiger partial charge in [0.2, 0.25) is 0 Å². The van der Waals surface area contributed by atoms with Crippen LogP contribution in [-0.2, 0) is 0 Å². The van der Waals surface area contributed by atoms with Crippen LogP contribution >= 0.6 is 27.5 Å². The molecule has 0 saturated carbocycles. The van der Waals surface area contributed by atoms with Crippen LogP contribution in [0.3, 0.4) is 0 Å². The molecule has 1 nitrogen and oxygen atoms in total. The van der Waals surface area contributed by atoms with Crippen molar-refractivity contribution in [2.75, 3.05) is 0 Å². The van der Waals surface area contributed by atoms with Crippen LogP contribution in [-0.4, -0.2) is 5.11 Å². The van der Waals surface area contributed by atoms with Gasteiger partial charge >= 0.3 is 0 Å². The van der Waals surface area contributed by atoms with E-state index in [0.717, 1.165) is 10.0 Å². The summed E-state index contributed by atoms with van der Waals surface area (Å²) in [6.45, 7) is 5.95. The summed E-state index contributed by atoms with van der Waals surface area (Å²) in [4.78, 5) is 0. The maximum Gasteiger partial charge on any atom is 0.0852 e. The molecule has 1 aromatic carbocycles. The Bertz CT molecular complexity index is 331. The van der Waals surface area contributed by atoms with Crippen molar-refractivity contribution in [1.82, 2.24) is 0 Å². The molecule has 0 aliphatic carbocycles. The summed E-state index contributed by atoms with van der Waals surface area (Å²) in [5.41, 5.74) is 0.583. The van der Waals surface area contributed by atoms with Gasteiger partial charge in [-0.2, -0.15) is 0 Å². The Balaban J connectivity index is 3.08. The minimum absolute atomic E-state index is 0.197. The third-order valence-corrected chi connectivity index (χ3v) is 2.90. The fourth-order valence-electron chi connectivity index (χ4n) is 1.19. The van der Waals surface area contributed by atoms with Crippen LogP contribution in [0.2, 0.25) is 5.02 Å². The van der Waals surface area contributed by atoms with Gasteiger partial charge in [-0.05, 0) is 23.1 Å². The van der Waals surface area contributed by atoms with Crippen LogP contribution in [0.5, 0.6) is 0 Å². The van der Waals surface area contributed by atoms with E-state index >= 15 is 0 Å². The largest absolute Gasteiger partial charge is 0.388 e. The fourth-order valence-corrected chi connectivity index (χ4v) is 1.97. The van der Waals surface area contributed by atoms with Crippen molar-refractivity contribution >= 4 is 27.5 Å². The monoisotopic (exact) mass is 276 g/mol. The number of rotatable bonds is 1. The van der Waals surface area contributed by atoms with Gasteiger partial charge in [-0.3, -0.25) is 0 Å². The molecule has 0 aliphatic heterocycles. The first-order chi connectivity index (χ1) is 6.32. The molecule has 1 unspecified atom stereocenters. The third-order valence-electron chi connectivity index (χ3n) is 2.08. The average Bonchev–Trinajstić information content (AvgIpc) is 2.01. The van der Waals surface area contributed by atoms with Crippen LogP contribution in [0, 0.1) is 5.41 Å². The normalized spacial score (nSPS) is 14.1. The van der Waals surface area contributed by atoms with Gasteiger partial charge in [-0.15, -0.1) is 0 Å². The smallest absolute Gasteiger partial charge is 0.0852 e. The SMILES string of the molecule is CC(C)(C)C(O)c1ccc(Br)cc1Cl. The van der Waals surface area contributed by atoms with Gasteiger partial charge in [-0.1, -0.05) is 54.4 Å². The molecule has 1 atom stereocenters. The Kier molecular flexibility index (Phi) is 3.62. The van der Waals surface area contributed by atoms with Crippen molar-refractivity contribution < 1.29 is 5.11 Å².